The maximum Gasteiger partial charge on any atom is 0.326 e. The molecular formula is C17H24N3O5+. The molecular weight excluding hydrogens is 326 g/mol. The second-order valence-corrected chi connectivity index (χ2v) is 6.05. The Morgan fingerprint density at radius 3 is 2.64 bits per heavy atom. The van der Waals surface area contributed by atoms with Gasteiger partial charge in [-0.1, -0.05) is 6.07 Å². The van der Waals surface area contributed by atoms with Crippen LogP contribution in [0, 0.1) is 10.1 Å². The molecule has 0 atom stereocenters. The van der Waals surface area contributed by atoms with Crippen LogP contribution in [0.4, 0.5) is 11.4 Å². The van der Waals surface area contributed by atoms with Gasteiger partial charge in [0.2, 0.25) is 0 Å². The van der Waals surface area contributed by atoms with Gasteiger partial charge in [0.05, 0.1) is 30.3 Å². The summed E-state index contributed by atoms with van der Waals surface area (Å²) in [6.07, 6.45) is 3.34. The second-order valence-electron chi connectivity index (χ2n) is 6.05. The Kier molecular flexibility index (Phi) is 6.88. The lowest BCUT2D eigenvalue weighted by Gasteiger charge is -2.27. The summed E-state index contributed by atoms with van der Waals surface area (Å²) in [5.74, 6) is -0.763. The number of amides is 1. The average Bonchev–Trinajstić information content (AvgIpc) is 2.61. The zero-order valence-electron chi connectivity index (χ0n) is 14.4. The molecule has 25 heavy (non-hydrogen) atoms. The van der Waals surface area contributed by atoms with E-state index < -0.39 is 10.9 Å². The number of likely N-dealkylation sites (tertiary alicyclic amines) is 1. The third-order valence-corrected chi connectivity index (χ3v) is 4.21. The van der Waals surface area contributed by atoms with Gasteiger partial charge in [0.15, 0.2) is 6.54 Å². The lowest BCUT2D eigenvalue weighted by Crippen LogP contribution is -3.14. The summed E-state index contributed by atoms with van der Waals surface area (Å²) in [7, 11) is 0. The first-order valence-corrected chi connectivity index (χ1v) is 8.55. The van der Waals surface area contributed by atoms with Crippen molar-refractivity contribution in [3.8, 4) is 0 Å². The summed E-state index contributed by atoms with van der Waals surface area (Å²) >= 11 is 0. The number of anilines is 1. The monoisotopic (exact) mass is 350 g/mol. The van der Waals surface area contributed by atoms with E-state index in [1.54, 1.807) is 13.0 Å². The molecule has 136 valence electrons. The molecule has 8 heteroatoms. The number of hydrogen-bond donors (Lipinski definition) is 1. The summed E-state index contributed by atoms with van der Waals surface area (Å²) in [5.41, 5.74) is 0.216. The van der Waals surface area contributed by atoms with E-state index >= 15 is 0 Å². The van der Waals surface area contributed by atoms with E-state index in [1.807, 2.05) is 0 Å². The fourth-order valence-electron chi connectivity index (χ4n) is 2.97. The van der Waals surface area contributed by atoms with Crippen molar-refractivity contribution in [1.29, 1.82) is 0 Å². The maximum absolute atomic E-state index is 12.8. The molecule has 1 aromatic carbocycles. The van der Waals surface area contributed by atoms with E-state index in [1.165, 1.54) is 34.4 Å². The molecule has 1 aromatic rings. The number of benzene rings is 1. The first-order chi connectivity index (χ1) is 12.0. The molecule has 1 fully saturated rings. The molecule has 1 heterocycles. The minimum absolute atomic E-state index is 0.121. The van der Waals surface area contributed by atoms with Crippen molar-refractivity contribution < 1.29 is 24.1 Å². The zero-order chi connectivity index (χ0) is 18.2. The molecule has 1 N–H and O–H groups in total. The molecule has 0 unspecified atom stereocenters. The highest BCUT2D eigenvalue weighted by molar-refractivity contribution is 5.98. The van der Waals surface area contributed by atoms with Crippen molar-refractivity contribution in [3.63, 3.8) is 0 Å². The molecule has 0 bridgehead atoms. The summed E-state index contributed by atoms with van der Waals surface area (Å²) < 4.78 is 4.94. The van der Waals surface area contributed by atoms with E-state index in [4.69, 9.17) is 4.74 Å². The van der Waals surface area contributed by atoms with Crippen LogP contribution in [0.2, 0.25) is 0 Å². The Labute approximate surface area is 146 Å². The highest BCUT2D eigenvalue weighted by atomic mass is 16.6. The van der Waals surface area contributed by atoms with Gasteiger partial charge in [-0.25, -0.2) is 0 Å². The van der Waals surface area contributed by atoms with Crippen LogP contribution in [-0.4, -0.2) is 49.6 Å². The average molecular weight is 350 g/mol. The number of hydrogen-bond acceptors (Lipinski definition) is 5. The van der Waals surface area contributed by atoms with Gasteiger partial charge in [-0.3, -0.25) is 24.6 Å². The van der Waals surface area contributed by atoms with Gasteiger partial charge in [0.1, 0.15) is 6.54 Å². The molecule has 0 aliphatic carbocycles. The Balaban J connectivity index is 2.19. The van der Waals surface area contributed by atoms with Crippen LogP contribution in [0.15, 0.2) is 24.3 Å². The van der Waals surface area contributed by atoms with Crippen molar-refractivity contribution in [1.82, 2.24) is 0 Å². The van der Waals surface area contributed by atoms with Crippen LogP contribution in [0.25, 0.3) is 0 Å². The number of carbonyl (C=O) groups is 2. The molecule has 2 rings (SSSR count). The van der Waals surface area contributed by atoms with Crippen LogP contribution < -0.4 is 9.80 Å². The Morgan fingerprint density at radius 1 is 1.28 bits per heavy atom. The zero-order valence-corrected chi connectivity index (χ0v) is 14.4. The van der Waals surface area contributed by atoms with Crippen molar-refractivity contribution >= 4 is 23.3 Å². The van der Waals surface area contributed by atoms with E-state index in [2.05, 4.69) is 0 Å². The predicted molar refractivity (Wildman–Crippen MR) is 91.5 cm³/mol. The minimum Gasteiger partial charge on any atom is -0.465 e. The first kappa shape index (κ1) is 18.9. The Morgan fingerprint density at radius 2 is 2.00 bits per heavy atom. The lowest BCUT2D eigenvalue weighted by molar-refractivity contribution is -0.896. The number of nitrogens with one attached hydrogen (secondary N) is 1. The highest BCUT2D eigenvalue weighted by Gasteiger charge is 2.26. The van der Waals surface area contributed by atoms with Gasteiger partial charge >= 0.3 is 5.97 Å². The largest absolute Gasteiger partial charge is 0.465 e. The molecule has 1 aliphatic rings. The molecule has 0 spiro atoms. The topological polar surface area (TPSA) is 94.2 Å². The molecule has 0 saturated carbocycles. The lowest BCUT2D eigenvalue weighted by atomic mass is 10.1. The number of non-ortho nitro benzene ring substituents is 1. The van der Waals surface area contributed by atoms with E-state index in [0.29, 0.717) is 5.69 Å². The summed E-state index contributed by atoms with van der Waals surface area (Å²) in [4.78, 5) is 37.6. The number of nitrogens with zero attached hydrogens (tertiary/aromatic N) is 2. The predicted octanol–water partition coefficient (Wildman–Crippen LogP) is 0.560. The molecule has 1 aliphatic heterocycles. The number of esters is 1. The number of carbonyl (C=O) groups excluding carboxylic acids is 2. The Hall–Kier alpha value is -2.48. The SMILES string of the molecule is CCOC(=O)CN(C(=O)C[NH+]1CCCCC1)c1cccc([N+](=O)[O-])c1. The van der Waals surface area contributed by atoms with Crippen molar-refractivity contribution in [2.24, 2.45) is 0 Å². The van der Waals surface area contributed by atoms with Gasteiger partial charge in [0, 0.05) is 12.1 Å². The van der Waals surface area contributed by atoms with Crippen molar-refractivity contribution in [3.05, 3.63) is 34.4 Å². The fraction of sp³-hybridized carbons (Fsp3) is 0.529. The normalized spacial score (nSPS) is 14.8. The van der Waals surface area contributed by atoms with Gasteiger partial charge in [0.25, 0.3) is 11.6 Å². The van der Waals surface area contributed by atoms with Crippen LogP contribution in [0.3, 0.4) is 0 Å². The van der Waals surface area contributed by atoms with Gasteiger partial charge in [-0.05, 0) is 32.3 Å². The summed E-state index contributed by atoms with van der Waals surface area (Å²) in [5, 5.41) is 11.0. The van der Waals surface area contributed by atoms with Crippen molar-refractivity contribution in [2.75, 3.05) is 37.7 Å². The molecule has 8 nitrogen and oxygen atoms in total. The smallest absolute Gasteiger partial charge is 0.326 e. The van der Waals surface area contributed by atoms with E-state index in [0.717, 1.165) is 25.9 Å². The third kappa shape index (κ3) is 5.53. The molecule has 0 aromatic heterocycles. The van der Waals surface area contributed by atoms with Gasteiger partial charge in [-0.2, -0.15) is 0 Å². The van der Waals surface area contributed by atoms with E-state index in [-0.39, 0.29) is 31.3 Å². The first-order valence-electron chi connectivity index (χ1n) is 8.55. The van der Waals surface area contributed by atoms with Gasteiger partial charge < -0.3 is 9.64 Å². The number of piperidine rings is 1. The Bertz CT molecular complexity index is 628. The second kappa shape index (κ2) is 9.12. The standard InChI is InChI=1S/C17H23N3O5/c1-2-25-17(22)13-19(14-7-6-8-15(11-14)20(23)24)16(21)12-18-9-4-3-5-10-18/h6-8,11H,2-5,9-10,12-13H2,1H3/p+1. The molecule has 1 amide bonds. The highest BCUT2D eigenvalue weighted by Crippen LogP contribution is 2.21. The van der Waals surface area contributed by atoms with Crippen LogP contribution in [0.1, 0.15) is 26.2 Å². The van der Waals surface area contributed by atoms with Crippen LogP contribution in [0.5, 0.6) is 0 Å². The number of nitro groups is 1. The van der Waals surface area contributed by atoms with Crippen molar-refractivity contribution in [2.45, 2.75) is 26.2 Å². The number of rotatable bonds is 7. The third-order valence-electron chi connectivity index (χ3n) is 4.21. The number of quaternary nitrogens is 1. The van der Waals surface area contributed by atoms with Crippen LogP contribution in [-0.2, 0) is 14.3 Å². The maximum atomic E-state index is 12.8. The number of ether oxygens (including phenoxy) is 1. The summed E-state index contributed by atoms with van der Waals surface area (Å²) in [6.45, 7) is 3.77. The minimum atomic E-state index is -0.531. The van der Waals surface area contributed by atoms with Crippen LogP contribution >= 0.6 is 0 Å². The number of nitro benzene ring substituents is 1. The van der Waals surface area contributed by atoms with E-state index in [9.17, 15) is 19.7 Å². The quantitative estimate of drug-likeness (QED) is 0.440. The molecule has 1 saturated heterocycles. The summed E-state index contributed by atoms with van der Waals surface area (Å²) in [6, 6.07) is 5.76. The molecule has 0 radical (unpaired) electrons. The van der Waals surface area contributed by atoms with Gasteiger partial charge in [-0.15, -0.1) is 0 Å². The fourth-order valence-corrected chi connectivity index (χ4v) is 2.97.